The van der Waals surface area contributed by atoms with Crippen LogP contribution in [0.3, 0.4) is 0 Å². The van der Waals surface area contributed by atoms with Crippen LogP contribution in [0.15, 0.2) is 60.9 Å². The van der Waals surface area contributed by atoms with E-state index in [1.54, 1.807) is 37.2 Å². The number of ketones is 1. The molecule has 0 bridgehead atoms. The Morgan fingerprint density at radius 1 is 0.894 bits per heavy atom. The number of benzene rings is 2. The molecule has 4 aromatic rings. The zero-order valence-electron chi connectivity index (χ0n) is 27.2. The first-order chi connectivity index (χ1) is 21.4. The van der Waals surface area contributed by atoms with Crippen LogP contribution in [-0.4, -0.2) is 59.2 Å². The number of halogens is 5. The fraction of sp³-hybridized carbons (Fsp3) is 0.179. The molecule has 0 radical (unpaired) electrons. The molecule has 1 amide bonds. The van der Waals surface area contributed by atoms with Gasteiger partial charge in [-0.2, -0.15) is 4.98 Å². The fourth-order valence-corrected chi connectivity index (χ4v) is 3.98. The van der Waals surface area contributed by atoms with Gasteiger partial charge in [0.25, 0.3) is 12.4 Å². The third kappa shape index (κ3) is 17.3. The Morgan fingerprint density at radius 2 is 1.40 bits per heavy atom. The Hall–Kier alpha value is -0.507. The van der Waals surface area contributed by atoms with Gasteiger partial charge in [0.1, 0.15) is 5.02 Å². The van der Waals surface area contributed by atoms with Gasteiger partial charge < -0.3 is 27.1 Å². The topological polar surface area (TPSA) is 162 Å². The quantitative estimate of drug-likeness (QED) is 0.0501. The van der Waals surface area contributed by atoms with E-state index >= 15 is 0 Å². The second-order valence-corrected chi connectivity index (χ2v) is 9.86. The molecule has 19 heteroatoms. The third-order valence-electron chi connectivity index (χ3n) is 5.28. The molecule has 0 aliphatic carbocycles. The fourth-order valence-electron chi connectivity index (χ4n) is 3.24. The molecule has 0 saturated heterocycles. The maximum atomic E-state index is 11.9. The van der Waals surface area contributed by atoms with Gasteiger partial charge in [-0.25, -0.2) is 15.0 Å². The molecule has 0 unspecified atom stereocenters. The minimum absolute atomic E-state index is 0. The monoisotopic (exact) mass is 795 g/mol. The number of carbonyl (C=O) groups excluding carboxylic acids is 3. The van der Waals surface area contributed by atoms with Crippen molar-refractivity contribution in [1.82, 2.24) is 25.3 Å². The number of rotatable bonds is 7. The molecule has 2 aromatic heterocycles. The van der Waals surface area contributed by atoms with E-state index < -0.39 is 0 Å². The first-order valence-corrected chi connectivity index (χ1v) is 14.4. The first-order valence-electron chi connectivity index (χ1n) is 12.5. The minimum atomic E-state index is -0.191. The first kappa shape index (κ1) is 48.6. The van der Waals surface area contributed by atoms with Gasteiger partial charge in [-0.05, 0) is 47.5 Å². The van der Waals surface area contributed by atoms with Crippen LogP contribution >= 0.6 is 58.0 Å². The number of hydrogen-bond acceptors (Lipinski definition) is 11. The summed E-state index contributed by atoms with van der Waals surface area (Å²) in [5.41, 5.74) is 2.87. The Labute approximate surface area is 383 Å². The summed E-state index contributed by atoms with van der Waals surface area (Å²) in [5.74, 6) is 0.423. The number of para-hydroxylation sites is 2. The SMILES string of the molecule is CCC(=O)c1ccccc1NC.CNC(=O)c1ccccc1N(C)c1nc(Cl)ncc1Cl.Clc1ncc(Cl)c(Cl)n1.O=CO[O-].[H-].[K+].[K+]. The third-order valence-corrected chi connectivity index (χ3v) is 6.57. The van der Waals surface area contributed by atoms with Gasteiger partial charge in [-0.3, -0.25) is 14.4 Å². The largest absolute Gasteiger partial charge is 1.00 e. The van der Waals surface area contributed by atoms with Crippen molar-refractivity contribution >= 4 is 93.4 Å². The standard InChI is InChI=1S/C13H12Cl2N4O.C10H13NO.C4HCl3N2.CH2O3.2K.H/c1-16-12(20)8-5-3-4-6-10(8)19(2)11-9(14)7-17-13(15)18-11;1-3-10(12)8-6-4-5-7-9(8)11-2;5-2-1-8-4(7)9-3(2)6;2-1-4-3;;;/h3-7H,1-2H3,(H,16,20);4-7,11H,3H2,1-2H3;1H;1,3H;;;/q;;;;2*+1;-1/p-1. The second kappa shape index (κ2) is 27.2. The summed E-state index contributed by atoms with van der Waals surface area (Å²) < 4.78 is 0. The van der Waals surface area contributed by atoms with E-state index in [-0.39, 0.29) is 138 Å². The van der Waals surface area contributed by atoms with E-state index in [4.69, 9.17) is 68.1 Å². The molecule has 242 valence electrons. The van der Waals surface area contributed by atoms with E-state index in [1.165, 1.54) is 12.4 Å². The molecule has 4 rings (SSSR count). The van der Waals surface area contributed by atoms with Gasteiger partial charge in [-0.1, -0.05) is 66.0 Å². The summed E-state index contributed by atoms with van der Waals surface area (Å²) in [5, 5.41) is 15.0. The normalized spacial score (nSPS) is 9.06. The Balaban J connectivity index is -0.000000622. The van der Waals surface area contributed by atoms with Gasteiger partial charge in [0.2, 0.25) is 10.6 Å². The molecule has 0 aliphatic rings. The molecule has 2 heterocycles. The van der Waals surface area contributed by atoms with Gasteiger partial charge in [0.05, 0.1) is 28.7 Å². The molecular weight excluding hydrogens is 770 g/mol. The minimum Gasteiger partial charge on any atom is -1.00 e. The van der Waals surface area contributed by atoms with E-state index in [2.05, 4.69) is 35.5 Å². The van der Waals surface area contributed by atoms with Crippen molar-refractivity contribution in [1.29, 1.82) is 0 Å². The molecule has 0 aliphatic heterocycles. The maximum Gasteiger partial charge on any atom is 1.00 e. The predicted molar refractivity (Wildman–Crippen MR) is 176 cm³/mol. The summed E-state index contributed by atoms with van der Waals surface area (Å²) in [6, 6.07) is 14.7. The Bertz CT molecular complexity index is 1590. The number of anilines is 3. The Morgan fingerprint density at radius 3 is 1.89 bits per heavy atom. The predicted octanol–water partition coefficient (Wildman–Crippen LogP) is 0.224. The maximum absolute atomic E-state index is 11.9. The molecule has 2 aromatic carbocycles. The molecule has 2 N–H and O–H groups in total. The average Bonchev–Trinajstić information content (AvgIpc) is 3.07. The summed E-state index contributed by atoms with van der Waals surface area (Å²) >= 11 is 28.1. The number of hydrogen-bond donors (Lipinski definition) is 2. The van der Waals surface area contributed by atoms with Crippen molar-refractivity contribution in [3.8, 4) is 0 Å². The molecule has 47 heavy (non-hydrogen) atoms. The number of carbonyl (C=O) groups is 3. The van der Waals surface area contributed by atoms with Crippen molar-refractivity contribution in [2.75, 3.05) is 31.4 Å². The van der Waals surface area contributed by atoms with Crippen LogP contribution in [0.5, 0.6) is 0 Å². The molecule has 0 saturated carbocycles. The van der Waals surface area contributed by atoms with E-state index in [1.807, 2.05) is 44.3 Å². The van der Waals surface area contributed by atoms with Crippen LogP contribution < -0.4 is 124 Å². The number of aromatic nitrogens is 4. The molecule has 0 fully saturated rings. The van der Waals surface area contributed by atoms with E-state index in [0.717, 1.165) is 11.3 Å². The molecular formula is C28H28Cl5K2N7O5. The van der Waals surface area contributed by atoms with Gasteiger partial charge in [-0.15, -0.1) is 0 Å². The Kier molecular flexibility index (Phi) is 28.2. The van der Waals surface area contributed by atoms with Crippen LogP contribution in [0.1, 0.15) is 35.5 Å². The van der Waals surface area contributed by atoms with Crippen molar-refractivity contribution in [3.63, 3.8) is 0 Å². The van der Waals surface area contributed by atoms with Gasteiger partial charge in [0.15, 0.2) is 16.8 Å². The van der Waals surface area contributed by atoms with Crippen molar-refractivity contribution < 1.29 is 129 Å². The van der Waals surface area contributed by atoms with E-state index in [9.17, 15) is 9.59 Å². The van der Waals surface area contributed by atoms with Crippen LogP contribution in [0.4, 0.5) is 17.2 Å². The molecule has 0 spiro atoms. The number of amides is 1. The summed E-state index contributed by atoms with van der Waals surface area (Å²) in [6.07, 6.45) is 3.32. The zero-order chi connectivity index (χ0) is 33.9. The zero-order valence-corrected chi connectivity index (χ0v) is 36.3. The number of nitrogens with zero attached hydrogens (tertiary/aromatic N) is 5. The van der Waals surface area contributed by atoms with Crippen molar-refractivity contribution in [3.05, 3.63) is 97.8 Å². The summed E-state index contributed by atoms with van der Waals surface area (Å²) in [4.78, 5) is 51.2. The summed E-state index contributed by atoms with van der Waals surface area (Å²) in [7, 11) is 5.15. The van der Waals surface area contributed by atoms with Crippen molar-refractivity contribution in [2.45, 2.75) is 13.3 Å². The van der Waals surface area contributed by atoms with Crippen LogP contribution in [-0.2, 0) is 9.68 Å². The smallest absolute Gasteiger partial charge is 1.00 e. The van der Waals surface area contributed by atoms with E-state index in [0.29, 0.717) is 33.5 Å². The van der Waals surface area contributed by atoms with Gasteiger partial charge in [0, 0.05) is 38.8 Å². The van der Waals surface area contributed by atoms with Crippen LogP contribution in [0, 0.1) is 0 Å². The second-order valence-electron chi connectivity index (χ2n) is 8.01. The molecule has 12 nitrogen and oxygen atoms in total. The van der Waals surface area contributed by atoms with Crippen molar-refractivity contribution in [2.24, 2.45) is 0 Å². The molecule has 0 atom stereocenters. The van der Waals surface area contributed by atoms with Crippen LogP contribution in [0.25, 0.3) is 0 Å². The van der Waals surface area contributed by atoms with Gasteiger partial charge >= 0.3 is 103 Å². The number of nitrogens with one attached hydrogen (secondary N) is 2. The van der Waals surface area contributed by atoms with Crippen LogP contribution in [0.2, 0.25) is 25.8 Å². The average molecular weight is 798 g/mol. The summed E-state index contributed by atoms with van der Waals surface area (Å²) in [6.45, 7) is 1.69. The number of Topliss-reactive ketones (excluding diaryl/α,β-unsaturated/α-hetero) is 1.